The van der Waals surface area contributed by atoms with Crippen molar-refractivity contribution in [3.05, 3.63) is 29.8 Å². The second-order valence-electron chi connectivity index (χ2n) is 4.89. The van der Waals surface area contributed by atoms with Gasteiger partial charge in [-0.05, 0) is 30.0 Å². The number of nitrogens with two attached hydrogens (primary N) is 1. The van der Waals surface area contributed by atoms with E-state index in [9.17, 15) is 0 Å². The Balaban J connectivity index is 2.01. The van der Waals surface area contributed by atoms with E-state index in [4.69, 9.17) is 10.5 Å². The first kappa shape index (κ1) is 13.3. The molecule has 3 atom stereocenters. The first-order chi connectivity index (χ1) is 8.76. The van der Waals surface area contributed by atoms with Gasteiger partial charge in [-0.15, -0.1) is 0 Å². The van der Waals surface area contributed by atoms with Gasteiger partial charge in [0.25, 0.3) is 0 Å². The minimum Gasteiger partial charge on any atom is -0.494 e. The maximum Gasteiger partial charge on any atom is 0.119 e. The zero-order valence-electron chi connectivity index (χ0n) is 11.1. The summed E-state index contributed by atoms with van der Waals surface area (Å²) >= 11 is 0. The predicted molar refractivity (Wildman–Crippen MR) is 73.2 cm³/mol. The van der Waals surface area contributed by atoms with E-state index in [0.29, 0.717) is 24.5 Å². The molecular weight excluding hydrogens is 226 g/mol. The summed E-state index contributed by atoms with van der Waals surface area (Å²) in [7, 11) is 0. The summed E-state index contributed by atoms with van der Waals surface area (Å²) in [6.07, 6.45) is 1.03. The molecule has 1 aromatic carbocycles. The van der Waals surface area contributed by atoms with Crippen molar-refractivity contribution in [2.75, 3.05) is 13.2 Å². The minimum atomic E-state index is 0.318. The van der Waals surface area contributed by atoms with Gasteiger partial charge in [0.1, 0.15) is 5.75 Å². The molecule has 1 aromatic rings. The van der Waals surface area contributed by atoms with E-state index >= 15 is 0 Å². The Kier molecular flexibility index (Phi) is 4.58. The van der Waals surface area contributed by atoms with E-state index in [0.717, 1.165) is 18.8 Å². The summed E-state index contributed by atoms with van der Waals surface area (Å²) in [6.45, 7) is 5.75. The molecule has 0 aromatic heterocycles. The first-order valence-corrected chi connectivity index (χ1v) is 6.70. The SMILES string of the molecule is CCCOc1ccc(C2NNC(CN)C2C)cc1. The molecule has 4 N–H and O–H groups in total. The normalized spacial score (nSPS) is 27.4. The average Bonchev–Trinajstić information content (AvgIpc) is 2.78. The highest BCUT2D eigenvalue weighted by atomic mass is 16.5. The van der Waals surface area contributed by atoms with Crippen molar-refractivity contribution in [2.24, 2.45) is 11.7 Å². The highest BCUT2D eigenvalue weighted by Gasteiger charge is 2.32. The molecule has 4 heteroatoms. The van der Waals surface area contributed by atoms with Crippen LogP contribution in [0.25, 0.3) is 0 Å². The Labute approximate surface area is 109 Å². The Hall–Kier alpha value is -1.10. The van der Waals surface area contributed by atoms with Gasteiger partial charge in [0.05, 0.1) is 12.6 Å². The standard InChI is InChI=1S/C14H23N3O/c1-3-8-18-12-6-4-11(5-7-12)14-10(2)13(9-15)16-17-14/h4-7,10,13-14,16-17H,3,8-9,15H2,1-2H3. The zero-order valence-corrected chi connectivity index (χ0v) is 11.1. The number of hydrogen-bond donors (Lipinski definition) is 3. The van der Waals surface area contributed by atoms with Gasteiger partial charge in [0.15, 0.2) is 0 Å². The molecule has 1 aliphatic rings. The minimum absolute atomic E-state index is 0.318. The molecule has 3 unspecified atom stereocenters. The third kappa shape index (κ3) is 2.83. The topological polar surface area (TPSA) is 59.3 Å². The molecule has 18 heavy (non-hydrogen) atoms. The van der Waals surface area contributed by atoms with E-state index in [-0.39, 0.29) is 0 Å². The van der Waals surface area contributed by atoms with Gasteiger partial charge in [-0.1, -0.05) is 26.0 Å². The van der Waals surface area contributed by atoms with E-state index in [1.165, 1.54) is 5.56 Å². The molecule has 0 spiro atoms. The number of benzene rings is 1. The molecule has 0 radical (unpaired) electrons. The summed E-state index contributed by atoms with van der Waals surface area (Å²) in [5.41, 5.74) is 13.6. The van der Waals surface area contributed by atoms with Gasteiger partial charge in [-0.3, -0.25) is 5.43 Å². The number of rotatable bonds is 5. The van der Waals surface area contributed by atoms with Crippen molar-refractivity contribution in [3.63, 3.8) is 0 Å². The molecule has 100 valence electrons. The monoisotopic (exact) mass is 249 g/mol. The predicted octanol–water partition coefficient (Wildman–Crippen LogP) is 1.59. The van der Waals surface area contributed by atoms with Crippen molar-refractivity contribution >= 4 is 0 Å². The number of ether oxygens (including phenoxy) is 1. The van der Waals surface area contributed by atoms with Crippen LogP contribution in [0.3, 0.4) is 0 Å². The zero-order chi connectivity index (χ0) is 13.0. The Bertz CT molecular complexity index is 366. The van der Waals surface area contributed by atoms with E-state index in [1.54, 1.807) is 0 Å². The van der Waals surface area contributed by atoms with E-state index in [1.807, 2.05) is 12.1 Å². The fourth-order valence-corrected chi connectivity index (χ4v) is 2.34. The second-order valence-corrected chi connectivity index (χ2v) is 4.89. The lowest BCUT2D eigenvalue weighted by Crippen LogP contribution is -2.37. The van der Waals surface area contributed by atoms with E-state index in [2.05, 4.69) is 36.8 Å². The molecule has 0 amide bonds. The fourth-order valence-electron chi connectivity index (χ4n) is 2.34. The lowest BCUT2D eigenvalue weighted by atomic mass is 9.91. The fraction of sp³-hybridized carbons (Fsp3) is 0.571. The summed E-state index contributed by atoms with van der Waals surface area (Å²) in [6, 6.07) is 8.98. The van der Waals surface area contributed by atoms with Gasteiger partial charge in [-0.25, -0.2) is 5.43 Å². The van der Waals surface area contributed by atoms with Crippen LogP contribution in [-0.4, -0.2) is 19.2 Å². The third-order valence-electron chi connectivity index (χ3n) is 3.55. The second kappa shape index (κ2) is 6.18. The largest absolute Gasteiger partial charge is 0.494 e. The van der Waals surface area contributed by atoms with Crippen LogP contribution in [0.5, 0.6) is 5.75 Å². The van der Waals surface area contributed by atoms with Gasteiger partial charge < -0.3 is 10.5 Å². The van der Waals surface area contributed by atoms with E-state index < -0.39 is 0 Å². The van der Waals surface area contributed by atoms with Gasteiger partial charge in [-0.2, -0.15) is 0 Å². The van der Waals surface area contributed by atoms with Crippen molar-refractivity contribution in [2.45, 2.75) is 32.4 Å². The van der Waals surface area contributed by atoms with Crippen LogP contribution in [0.4, 0.5) is 0 Å². The quantitative estimate of drug-likeness (QED) is 0.741. The number of hydrogen-bond acceptors (Lipinski definition) is 4. The summed E-state index contributed by atoms with van der Waals surface area (Å²) in [5, 5.41) is 0. The summed E-state index contributed by atoms with van der Waals surface area (Å²) < 4.78 is 5.59. The number of hydrazine groups is 1. The molecule has 0 saturated carbocycles. The molecule has 1 fully saturated rings. The lowest BCUT2D eigenvalue weighted by molar-refractivity contribution is 0.317. The van der Waals surface area contributed by atoms with Crippen LogP contribution in [0.15, 0.2) is 24.3 Å². The highest BCUT2D eigenvalue weighted by molar-refractivity contribution is 5.30. The highest BCUT2D eigenvalue weighted by Crippen LogP contribution is 2.29. The van der Waals surface area contributed by atoms with Crippen molar-refractivity contribution < 1.29 is 4.74 Å². The molecule has 2 rings (SSSR count). The molecule has 0 aliphatic carbocycles. The molecule has 4 nitrogen and oxygen atoms in total. The third-order valence-corrected chi connectivity index (χ3v) is 3.55. The van der Waals surface area contributed by atoms with Gasteiger partial charge >= 0.3 is 0 Å². The van der Waals surface area contributed by atoms with Crippen LogP contribution in [0, 0.1) is 5.92 Å². The van der Waals surface area contributed by atoms with Crippen LogP contribution in [0.2, 0.25) is 0 Å². The van der Waals surface area contributed by atoms with Gasteiger partial charge in [0, 0.05) is 12.6 Å². The van der Waals surface area contributed by atoms with Crippen molar-refractivity contribution in [1.29, 1.82) is 0 Å². The van der Waals surface area contributed by atoms with Crippen LogP contribution in [-0.2, 0) is 0 Å². The molecule has 0 bridgehead atoms. The maximum atomic E-state index is 5.72. The van der Waals surface area contributed by atoms with Crippen molar-refractivity contribution in [3.8, 4) is 5.75 Å². The Morgan fingerprint density at radius 1 is 1.22 bits per heavy atom. The van der Waals surface area contributed by atoms with Crippen LogP contribution < -0.4 is 21.3 Å². The smallest absolute Gasteiger partial charge is 0.119 e. The molecule has 1 aliphatic heterocycles. The first-order valence-electron chi connectivity index (χ1n) is 6.70. The molecular formula is C14H23N3O. The average molecular weight is 249 g/mol. The summed E-state index contributed by atoms with van der Waals surface area (Å²) in [4.78, 5) is 0. The Morgan fingerprint density at radius 3 is 2.50 bits per heavy atom. The lowest BCUT2D eigenvalue weighted by Gasteiger charge is -2.18. The number of nitrogens with one attached hydrogen (secondary N) is 2. The van der Waals surface area contributed by atoms with Crippen molar-refractivity contribution in [1.82, 2.24) is 10.9 Å². The maximum absolute atomic E-state index is 5.72. The van der Waals surface area contributed by atoms with Crippen LogP contribution in [0.1, 0.15) is 31.9 Å². The van der Waals surface area contributed by atoms with Crippen LogP contribution >= 0.6 is 0 Å². The molecule has 1 saturated heterocycles. The molecule has 1 heterocycles. The summed E-state index contributed by atoms with van der Waals surface area (Å²) in [5.74, 6) is 1.42. The Morgan fingerprint density at radius 2 is 1.94 bits per heavy atom. The van der Waals surface area contributed by atoms with Gasteiger partial charge in [0.2, 0.25) is 0 Å².